The number of ether oxygens (including phenoxy) is 1. The molecule has 2 aromatic rings. The van der Waals surface area contributed by atoms with Crippen LogP contribution in [0, 0.1) is 0 Å². The quantitative estimate of drug-likeness (QED) is 0.752. The van der Waals surface area contributed by atoms with E-state index < -0.39 is 6.10 Å². The lowest BCUT2D eigenvalue weighted by Crippen LogP contribution is -2.42. The summed E-state index contributed by atoms with van der Waals surface area (Å²) in [6, 6.07) is 3.99. The molecule has 0 bridgehead atoms. The third-order valence-electron chi connectivity index (χ3n) is 3.99. The van der Waals surface area contributed by atoms with E-state index in [0.717, 1.165) is 43.2 Å². The van der Waals surface area contributed by atoms with Gasteiger partial charge in [0.1, 0.15) is 18.2 Å². The summed E-state index contributed by atoms with van der Waals surface area (Å²) < 4.78 is 12.6. The molecule has 3 heterocycles. The number of hydrogen-bond donors (Lipinski definition) is 2. The van der Waals surface area contributed by atoms with Crippen LogP contribution in [0.1, 0.15) is 30.8 Å². The number of nitrogens with zero attached hydrogens (tertiary/aromatic N) is 3. The lowest BCUT2D eigenvalue weighted by Gasteiger charge is -2.24. The zero-order valence-corrected chi connectivity index (χ0v) is 13.4. The van der Waals surface area contributed by atoms with E-state index in [1.165, 1.54) is 0 Å². The van der Waals surface area contributed by atoms with E-state index in [0.29, 0.717) is 19.2 Å². The predicted octanol–water partition coefficient (Wildman–Crippen LogP) is 0.916. The fourth-order valence-corrected chi connectivity index (χ4v) is 2.73. The first kappa shape index (κ1) is 16.2. The molecule has 2 atom stereocenters. The molecule has 23 heavy (non-hydrogen) atoms. The number of aliphatic hydroxyl groups is 1. The maximum atomic E-state index is 9.99. The summed E-state index contributed by atoms with van der Waals surface area (Å²) in [4.78, 5) is 4.51. The minimum absolute atomic E-state index is 0.287. The Balaban J connectivity index is 1.37. The number of aliphatic hydroxyl groups excluding tert-OH is 1. The first-order valence-electron chi connectivity index (χ1n) is 8.18. The predicted molar refractivity (Wildman–Crippen MR) is 83.9 cm³/mol. The average Bonchev–Trinajstić information content (AvgIpc) is 3.21. The highest BCUT2D eigenvalue weighted by Crippen LogP contribution is 2.13. The van der Waals surface area contributed by atoms with E-state index in [-0.39, 0.29) is 6.61 Å². The van der Waals surface area contributed by atoms with E-state index in [4.69, 9.17) is 9.15 Å². The van der Waals surface area contributed by atoms with Crippen LogP contribution in [0.15, 0.2) is 22.8 Å². The van der Waals surface area contributed by atoms with Crippen molar-refractivity contribution in [2.45, 2.75) is 51.5 Å². The molecule has 0 aromatic carbocycles. The van der Waals surface area contributed by atoms with Gasteiger partial charge in [-0.2, -0.15) is 5.10 Å². The molecule has 7 nitrogen and oxygen atoms in total. The van der Waals surface area contributed by atoms with Crippen LogP contribution in [0.4, 0.5) is 0 Å². The van der Waals surface area contributed by atoms with Crippen molar-refractivity contribution >= 4 is 0 Å². The van der Waals surface area contributed by atoms with Gasteiger partial charge in [0, 0.05) is 25.4 Å². The molecule has 126 valence electrons. The second-order valence-corrected chi connectivity index (χ2v) is 5.87. The molecule has 3 rings (SSSR count). The van der Waals surface area contributed by atoms with Gasteiger partial charge in [-0.15, -0.1) is 0 Å². The van der Waals surface area contributed by atoms with Crippen molar-refractivity contribution in [1.82, 2.24) is 20.1 Å². The summed E-state index contributed by atoms with van der Waals surface area (Å²) >= 11 is 0. The van der Waals surface area contributed by atoms with Crippen LogP contribution in [-0.4, -0.2) is 45.2 Å². The second-order valence-electron chi connectivity index (χ2n) is 5.87. The highest BCUT2D eigenvalue weighted by molar-refractivity contribution is 4.98. The number of nitrogens with one attached hydrogen (secondary N) is 1. The molecule has 0 fully saturated rings. The van der Waals surface area contributed by atoms with E-state index >= 15 is 0 Å². The molecule has 2 N–H and O–H groups in total. The van der Waals surface area contributed by atoms with E-state index in [2.05, 4.69) is 22.3 Å². The molecule has 0 radical (unpaired) electrons. The van der Waals surface area contributed by atoms with Crippen LogP contribution in [0.2, 0.25) is 0 Å². The van der Waals surface area contributed by atoms with Gasteiger partial charge in [0.2, 0.25) is 0 Å². The fourth-order valence-electron chi connectivity index (χ4n) is 2.73. The van der Waals surface area contributed by atoms with Gasteiger partial charge < -0.3 is 19.6 Å². The number of aromatic nitrogens is 3. The minimum Gasteiger partial charge on any atom is -0.467 e. The average molecular weight is 320 g/mol. The maximum Gasteiger partial charge on any atom is 0.150 e. The highest BCUT2D eigenvalue weighted by atomic mass is 16.5. The number of fused-ring (bicyclic) bond motifs is 1. The van der Waals surface area contributed by atoms with Crippen molar-refractivity contribution in [3.8, 4) is 0 Å². The van der Waals surface area contributed by atoms with Gasteiger partial charge in [-0.25, -0.2) is 9.67 Å². The molecular weight excluding hydrogens is 296 g/mol. The topological polar surface area (TPSA) is 85.3 Å². The largest absolute Gasteiger partial charge is 0.467 e. The van der Waals surface area contributed by atoms with Gasteiger partial charge in [0.05, 0.1) is 25.5 Å². The Morgan fingerprint density at radius 2 is 2.48 bits per heavy atom. The Hall–Kier alpha value is -1.70. The van der Waals surface area contributed by atoms with Gasteiger partial charge in [-0.3, -0.25) is 0 Å². The van der Waals surface area contributed by atoms with Gasteiger partial charge in [0.15, 0.2) is 5.82 Å². The van der Waals surface area contributed by atoms with Crippen molar-refractivity contribution in [2.75, 3.05) is 13.2 Å². The Kier molecular flexibility index (Phi) is 5.43. The zero-order valence-electron chi connectivity index (χ0n) is 13.4. The summed E-state index contributed by atoms with van der Waals surface area (Å²) in [7, 11) is 0. The first-order chi connectivity index (χ1) is 11.2. The summed E-state index contributed by atoms with van der Waals surface area (Å²) in [6.45, 7) is 4.05. The molecule has 0 aliphatic carbocycles. The normalized spacial score (nSPS) is 18.8. The Bertz CT molecular complexity index is 596. The van der Waals surface area contributed by atoms with Crippen molar-refractivity contribution in [3.05, 3.63) is 35.8 Å². The molecule has 0 unspecified atom stereocenters. The molecule has 0 saturated heterocycles. The number of furan rings is 1. The van der Waals surface area contributed by atoms with Crippen LogP contribution in [0.3, 0.4) is 0 Å². The Labute approximate surface area is 135 Å². The maximum absolute atomic E-state index is 9.99. The number of hydrogen-bond acceptors (Lipinski definition) is 6. The van der Waals surface area contributed by atoms with E-state index in [1.54, 1.807) is 6.26 Å². The Morgan fingerprint density at radius 1 is 1.57 bits per heavy atom. The monoisotopic (exact) mass is 320 g/mol. The van der Waals surface area contributed by atoms with Crippen LogP contribution in [0.25, 0.3) is 0 Å². The van der Waals surface area contributed by atoms with Gasteiger partial charge in [-0.05, 0) is 18.6 Å². The lowest BCUT2D eigenvalue weighted by atomic mass is 10.1. The molecule has 7 heteroatoms. The fraction of sp³-hybridized carbons (Fsp3) is 0.625. The van der Waals surface area contributed by atoms with Crippen LogP contribution in [0.5, 0.6) is 0 Å². The molecule has 1 aliphatic rings. The number of aryl methyl sites for hydroxylation is 2. The molecule has 0 amide bonds. The van der Waals surface area contributed by atoms with Gasteiger partial charge in [-0.1, -0.05) is 6.92 Å². The molecular formula is C16H24N4O3. The Morgan fingerprint density at radius 3 is 3.26 bits per heavy atom. The lowest BCUT2D eigenvalue weighted by molar-refractivity contribution is 0.0209. The highest BCUT2D eigenvalue weighted by Gasteiger charge is 2.21. The molecule has 0 saturated carbocycles. The molecule has 0 spiro atoms. The van der Waals surface area contributed by atoms with Crippen molar-refractivity contribution in [3.63, 3.8) is 0 Å². The third kappa shape index (κ3) is 4.40. The number of rotatable bonds is 8. The van der Waals surface area contributed by atoms with Gasteiger partial charge >= 0.3 is 0 Å². The standard InChI is InChI=1S/C16H24N4O3/c1-2-15-18-16-6-5-12(9-20(16)19-15)17-8-13(21)10-22-11-14-4-3-7-23-14/h3-4,7,12-13,17,21H,2,5-6,8-11H2,1H3/t12-,13-/m0/s1. The first-order valence-corrected chi connectivity index (χ1v) is 8.18. The zero-order chi connectivity index (χ0) is 16.1. The van der Waals surface area contributed by atoms with Crippen LogP contribution < -0.4 is 5.32 Å². The van der Waals surface area contributed by atoms with E-state index in [9.17, 15) is 5.11 Å². The van der Waals surface area contributed by atoms with Gasteiger partial charge in [0.25, 0.3) is 0 Å². The molecule has 1 aliphatic heterocycles. The van der Waals surface area contributed by atoms with Crippen molar-refractivity contribution in [1.29, 1.82) is 0 Å². The van der Waals surface area contributed by atoms with Crippen LogP contribution >= 0.6 is 0 Å². The molecule has 2 aromatic heterocycles. The van der Waals surface area contributed by atoms with E-state index in [1.807, 2.05) is 16.8 Å². The third-order valence-corrected chi connectivity index (χ3v) is 3.99. The van der Waals surface area contributed by atoms with Crippen molar-refractivity contribution in [2.24, 2.45) is 0 Å². The summed E-state index contributed by atoms with van der Waals surface area (Å²) in [6.07, 6.45) is 3.89. The summed E-state index contributed by atoms with van der Waals surface area (Å²) in [5.41, 5.74) is 0. The second kappa shape index (κ2) is 7.72. The summed E-state index contributed by atoms with van der Waals surface area (Å²) in [5, 5.41) is 17.9. The summed E-state index contributed by atoms with van der Waals surface area (Å²) in [5.74, 6) is 2.75. The smallest absolute Gasteiger partial charge is 0.150 e. The SMILES string of the molecule is CCc1nc2n(n1)C[C@@H](NC[C@H](O)COCc1ccco1)CC2. The van der Waals surface area contributed by atoms with Crippen molar-refractivity contribution < 1.29 is 14.3 Å². The van der Waals surface area contributed by atoms with Crippen LogP contribution in [-0.2, 0) is 30.7 Å². The minimum atomic E-state index is -0.534.